The van der Waals surface area contributed by atoms with Gasteiger partial charge < -0.3 is 4.74 Å². The van der Waals surface area contributed by atoms with Crippen molar-refractivity contribution in [2.45, 2.75) is 29.1 Å². The lowest BCUT2D eigenvalue weighted by Crippen LogP contribution is -2.27. The minimum absolute atomic E-state index is 0.201. The maximum Gasteiger partial charge on any atom is 0.312 e. The van der Waals surface area contributed by atoms with E-state index in [0.717, 1.165) is 5.56 Å². The largest absolute Gasteiger partial charge is 0.469 e. The number of benzene rings is 10. The van der Waals surface area contributed by atoms with Crippen LogP contribution < -0.4 is 10.4 Å². The van der Waals surface area contributed by atoms with Gasteiger partial charge in [0.2, 0.25) is 0 Å². The summed E-state index contributed by atoms with van der Waals surface area (Å²) < 4.78 is 5.38. The van der Waals surface area contributed by atoms with E-state index in [9.17, 15) is 4.79 Å². The van der Waals surface area contributed by atoms with Crippen LogP contribution in [0.15, 0.2) is 115 Å². The van der Waals surface area contributed by atoms with Gasteiger partial charge in [0.15, 0.2) is 0 Å². The Morgan fingerprint density at radius 2 is 0.864 bits per heavy atom. The molecule has 0 amide bonds. The van der Waals surface area contributed by atoms with Crippen molar-refractivity contribution in [2.75, 3.05) is 7.11 Å². The number of fused-ring (bicyclic) bond motifs is 3. The Morgan fingerprint density at radius 1 is 0.441 bits per heavy atom. The van der Waals surface area contributed by atoms with Gasteiger partial charge in [-0.25, -0.2) is 0 Å². The molecule has 0 heterocycles. The number of esters is 1. The summed E-state index contributed by atoms with van der Waals surface area (Å²) >= 11 is 0. The van der Waals surface area contributed by atoms with Gasteiger partial charge in [0, 0.05) is 0 Å². The molecule has 1 fully saturated rings. The van der Waals surface area contributed by atoms with Crippen LogP contribution in [0.4, 0.5) is 0 Å². The van der Waals surface area contributed by atoms with E-state index in [1.807, 2.05) is 6.92 Å². The van der Waals surface area contributed by atoms with Gasteiger partial charge in [-0.05, 0) is 175 Å². The molecule has 14 aromatic rings. The highest BCUT2D eigenvalue weighted by atomic mass is 16.5. The predicted molar refractivity (Wildman–Crippen MR) is 241 cm³/mol. The Kier molecular flexibility index (Phi) is 3.52. The summed E-state index contributed by atoms with van der Waals surface area (Å²) in [7, 11) is 1.51. The average molecular weight is 743 g/mol. The van der Waals surface area contributed by atoms with Crippen LogP contribution in [0.25, 0.3) is 130 Å². The molecule has 19 rings (SSSR count). The molecule has 0 saturated heterocycles. The molecule has 0 radical (unpaired) electrons. The molecule has 0 aromatic heterocycles. The highest BCUT2D eigenvalue weighted by Gasteiger charge is 2.94. The molecule has 5 aliphatic rings. The number of ether oxygens (including phenoxy) is 1. The van der Waals surface area contributed by atoms with Gasteiger partial charge in [-0.15, -0.1) is 0 Å². The van der Waals surface area contributed by atoms with E-state index in [0.29, 0.717) is 0 Å². The van der Waals surface area contributed by atoms with Crippen molar-refractivity contribution < 1.29 is 9.53 Å². The first-order chi connectivity index (χ1) is 29.1. The van der Waals surface area contributed by atoms with Crippen molar-refractivity contribution in [3.8, 4) is 0 Å². The molecule has 2 heteroatoms. The number of hydrogen-bond acceptors (Lipinski definition) is 2. The molecule has 3 atom stereocenters. The van der Waals surface area contributed by atoms with E-state index in [-0.39, 0.29) is 11.9 Å². The number of rotatable bonds is 4. The molecule has 3 unspecified atom stereocenters. The quantitative estimate of drug-likeness (QED) is 0.133. The molecular weight excluding hydrogens is 717 g/mol. The molecular formula is C57H26O2. The van der Waals surface area contributed by atoms with Crippen molar-refractivity contribution >= 4 is 136 Å². The van der Waals surface area contributed by atoms with E-state index in [1.54, 1.807) is 11.1 Å². The lowest BCUT2D eigenvalue weighted by molar-refractivity contribution is -0.141. The number of hydrogen-bond donors (Lipinski definition) is 0. The predicted octanol–water partition coefficient (Wildman–Crippen LogP) is 11.5. The Bertz CT molecular complexity index is 4370. The van der Waals surface area contributed by atoms with Crippen molar-refractivity contribution in [3.05, 3.63) is 154 Å². The molecule has 0 N–H and O–H groups in total. The monoisotopic (exact) mass is 742 g/mol. The second-order valence-electron chi connectivity index (χ2n) is 19.0. The summed E-state index contributed by atoms with van der Waals surface area (Å²) in [5.41, 5.74) is 8.41. The van der Waals surface area contributed by atoms with E-state index in [2.05, 4.69) is 115 Å². The average Bonchev–Trinajstić information content (AvgIpc) is 3.91. The van der Waals surface area contributed by atoms with E-state index in [1.165, 1.54) is 158 Å². The van der Waals surface area contributed by atoms with Crippen LogP contribution in [0, 0.1) is 0 Å². The SMILES string of the molecule is COC(=O)C(C)c1cccc(C2(c3ccccc3)C34C5=c6ccc7c8ccc9c%10ccc%11c%12ccc%13c%14c(c%15c%16c3c6c7c3c8c9c6c%10c%11c(c%14%12)c%15c6c%163)C42C=%13C=C5)c1. The maximum atomic E-state index is 13.3. The van der Waals surface area contributed by atoms with Crippen LogP contribution in [-0.4, -0.2) is 13.1 Å². The highest BCUT2D eigenvalue weighted by Crippen LogP contribution is 2.93. The van der Waals surface area contributed by atoms with Crippen LogP contribution in [-0.2, 0) is 25.8 Å². The number of methoxy groups -OCH3 is 1. The second kappa shape index (κ2) is 7.53. The first-order valence-corrected chi connectivity index (χ1v) is 21.3. The van der Waals surface area contributed by atoms with Gasteiger partial charge in [0.25, 0.3) is 0 Å². The van der Waals surface area contributed by atoms with Gasteiger partial charge in [0.1, 0.15) is 0 Å². The molecule has 0 bridgehead atoms. The summed E-state index contributed by atoms with van der Waals surface area (Å²) in [5.74, 6) is -0.590. The first kappa shape index (κ1) is 27.6. The van der Waals surface area contributed by atoms with Crippen LogP contribution in [0.3, 0.4) is 0 Å². The third-order valence-electron chi connectivity index (χ3n) is 18.0. The van der Waals surface area contributed by atoms with E-state index >= 15 is 0 Å². The molecule has 14 aromatic carbocycles. The third kappa shape index (κ3) is 2.00. The summed E-state index contributed by atoms with van der Waals surface area (Å²) in [6.45, 7) is 2.00. The molecule has 5 aliphatic carbocycles. The summed E-state index contributed by atoms with van der Waals surface area (Å²) in [6, 6.07) is 40.5. The number of carbonyl (C=O) groups excluding carboxylic acids is 1. The maximum absolute atomic E-state index is 13.3. The summed E-state index contributed by atoms with van der Waals surface area (Å²) in [5, 5.41) is 35.3. The Hall–Kier alpha value is -7.03. The number of allylic oxidation sites excluding steroid dienone is 2. The van der Waals surface area contributed by atoms with Gasteiger partial charge in [-0.1, -0.05) is 115 Å². The Labute approximate surface area is 333 Å². The Morgan fingerprint density at radius 3 is 1.36 bits per heavy atom. The van der Waals surface area contributed by atoms with Crippen molar-refractivity contribution in [2.24, 2.45) is 0 Å². The van der Waals surface area contributed by atoms with Crippen molar-refractivity contribution in [3.63, 3.8) is 0 Å². The van der Waals surface area contributed by atoms with Crippen LogP contribution >= 0.6 is 0 Å². The lowest BCUT2D eigenvalue weighted by Gasteiger charge is -2.32. The minimum Gasteiger partial charge on any atom is -0.469 e. The fraction of sp³-hybridized carbons (Fsp3) is 0.105. The van der Waals surface area contributed by atoms with Gasteiger partial charge >= 0.3 is 5.97 Å². The lowest BCUT2D eigenvalue weighted by atomic mass is 9.68. The fourth-order valence-corrected chi connectivity index (χ4v) is 16.7. The summed E-state index contributed by atoms with van der Waals surface area (Å²) in [4.78, 5) is 13.3. The zero-order valence-electron chi connectivity index (χ0n) is 31.9. The fourth-order valence-electron chi connectivity index (χ4n) is 16.7. The highest BCUT2D eigenvalue weighted by molar-refractivity contribution is 6.64. The smallest absolute Gasteiger partial charge is 0.312 e. The van der Waals surface area contributed by atoms with Crippen LogP contribution in [0.5, 0.6) is 0 Å². The van der Waals surface area contributed by atoms with Crippen LogP contribution in [0.1, 0.15) is 40.7 Å². The second-order valence-corrected chi connectivity index (χ2v) is 19.0. The molecule has 2 nitrogen and oxygen atoms in total. The van der Waals surface area contributed by atoms with E-state index in [4.69, 9.17) is 4.74 Å². The standard InChI is InChI=1S/C57H26O2/c1-22(54(58)59-2)23-7-6-10-25(21-23)55(24-8-4-3-5-9-24)56-34-19-20-35-33-18-16-31-29-14-12-27-26-11-13-28-30-15-17-32(34)42-40(30)45-38(28)36(26)44-37(27)39(29)46-41(31)43(33)53(57(35,55)56)51-49(46)47(44)48(45)50(51)52(42)56/h3-22H,1-2H3. The molecule has 0 aliphatic heterocycles. The molecule has 59 heavy (non-hydrogen) atoms. The minimum atomic E-state index is -0.498. The number of carbonyl (C=O) groups is 1. The molecule has 2 spiro atoms. The van der Waals surface area contributed by atoms with Crippen molar-refractivity contribution in [1.29, 1.82) is 0 Å². The topological polar surface area (TPSA) is 26.3 Å². The normalized spacial score (nSPS) is 24.2. The Balaban J connectivity index is 1.20. The van der Waals surface area contributed by atoms with Crippen molar-refractivity contribution in [1.82, 2.24) is 0 Å². The zero-order valence-corrected chi connectivity index (χ0v) is 31.9. The van der Waals surface area contributed by atoms with Gasteiger partial charge in [0.05, 0.1) is 29.3 Å². The third-order valence-corrected chi connectivity index (χ3v) is 18.0. The van der Waals surface area contributed by atoms with E-state index < -0.39 is 16.2 Å². The van der Waals surface area contributed by atoms with Gasteiger partial charge in [-0.3, -0.25) is 4.79 Å². The molecule has 1 saturated carbocycles. The molecule has 266 valence electrons. The first-order valence-electron chi connectivity index (χ1n) is 21.3. The zero-order chi connectivity index (χ0) is 37.7. The van der Waals surface area contributed by atoms with Crippen LogP contribution in [0.2, 0.25) is 0 Å². The van der Waals surface area contributed by atoms with Gasteiger partial charge in [-0.2, -0.15) is 0 Å². The summed E-state index contributed by atoms with van der Waals surface area (Å²) in [6.07, 6.45) is 5.11.